The molecule has 220 valence electrons. The molecule has 0 aliphatic heterocycles. The minimum Gasteiger partial charge on any atom is -0.247 e. The van der Waals surface area contributed by atoms with E-state index in [2.05, 4.69) is 118 Å². The van der Waals surface area contributed by atoms with E-state index >= 15 is 0 Å². The summed E-state index contributed by atoms with van der Waals surface area (Å²) in [6.07, 6.45) is 0. The summed E-state index contributed by atoms with van der Waals surface area (Å²) in [5.41, 5.74) is 11.8. The third-order valence-electron chi connectivity index (χ3n) is 8.57. The van der Waals surface area contributed by atoms with Crippen LogP contribution in [0.1, 0.15) is 0 Å². The first-order valence-electron chi connectivity index (χ1n) is 15.4. The molecule has 6 aromatic carbocycles. The molecule has 9 aromatic rings. The predicted octanol–water partition coefficient (Wildman–Crippen LogP) is 10.5. The third kappa shape index (κ3) is 4.92. The topological polar surface area (TPSA) is 64.5 Å². The van der Waals surface area contributed by atoms with Crippen molar-refractivity contribution in [1.82, 2.24) is 23.7 Å². The number of nitrogens with zero attached hydrogens (tertiary/aromatic N) is 5. The Labute approximate surface area is 275 Å². The van der Waals surface area contributed by atoms with Crippen LogP contribution in [0, 0.1) is 0 Å². The highest BCUT2D eigenvalue weighted by Crippen LogP contribution is 2.37. The summed E-state index contributed by atoms with van der Waals surface area (Å²) >= 11 is 1.24. The van der Waals surface area contributed by atoms with Crippen LogP contribution in [0.5, 0.6) is 0 Å². The molecule has 0 unspecified atom stereocenters. The van der Waals surface area contributed by atoms with Crippen molar-refractivity contribution in [2.24, 2.45) is 0 Å². The SMILES string of the molecule is c1ccc(-c2cccc(-c3nc(-c4ccccc4)cc(-c4ccc(-c5nc6ccccc6c6c5ccc5nsnc56)cc4)n3)c2)cc1. The van der Waals surface area contributed by atoms with Gasteiger partial charge >= 0.3 is 0 Å². The quantitative estimate of drug-likeness (QED) is 0.179. The molecule has 3 heterocycles. The van der Waals surface area contributed by atoms with Crippen LogP contribution in [-0.4, -0.2) is 23.7 Å². The maximum absolute atomic E-state index is 5.14. The minimum absolute atomic E-state index is 0.686. The number of hydrogen-bond acceptors (Lipinski definition) is 6. The van der Waals surface area contributed by atoms with Gasteiger partial charge in [0.05, 0.1) is 34.3 Å². The first-order valence-corrected chi connectivity index (χ1v) is 16.2. The molecule has 0 aliphatic rings. The Hall–Kier alpha value is -6.11. The van der Waals surface area contributed by atoms with Crippen LogP contribution in [0.2, 0.25) is 0 Å². The van der Waals surface area contributed by atoms with Crippen molar-refractivity contribution in [3.63, 3.8) is 0 Å². The lowest BCUT2D eigenvalue weighted by Crippen LogP contribution is -1.96. The minimum atomic E-state index is 0.686. The molecule has 0 atom stereocenters. The van der Waals surface area contributed by atoms with E-state index in [0.717, 1.165) is 83.2 Å². The van der Waals surface area contributed by atoms with Gasteiger partial charge in [0.15, 0.2) is 5.82 Å². The molecule has 5 nitrogen and oxygen atoms in total. The average Bonchev–Trinajstić information content (AvgIpc) is 3.65. The normalized spacial score (nSPS) is 11.4. The Bertz CT molecular complexity index is 2560. The fourth-order valence-electron chi connectivity index (χ4n) is 6.25. The first kappa shape index (κ1) is 27.2. The van der Waals surface area contributed by atoms with Crippen molar-refractivity contribution >= 4 is 44.4 Å². The summed E-state index contributed by atoms with van der Waals surface area (Å²) in [4.78, 5) is 15.3. The molecule has 0 radical (unpaired) electrons. The lowest BCUT2D eigenvalue weighted by molar-refractivity contribution is 1.18. The van der Waals surface area contributed by atoms with Crippen LogP contribution < -0.4 is 0 Å². The second kappa shape index (κ2) is 11.4. The zero-order valence-electron chi connectivity index (χ0n) is 25.1. The summed E-state index contributed by atoms with van der Waals surface area (Å²) in [6.45, 7) is 0. The number of pyridine rings is 1. The van der Waals surface area contributed by atoms with E-state index in [9.17, 15) is 0 Å². The molecule has 0 amide bonds. The first-order chi connectivity index (χ1) is 23.3. The van der Waals surface area contributed by atoms with Crippen LogP contribution in [-0.2, 0) is 0 Å². The number of aromatic nitrogens is 5. The van der Waals surface area contributed by atoms with Crippen LogP contribution in [0.4, 0.5) is 0 Å². The molecule has 0 aliphatic carbocycles. The standard InChI is InChI=1S/C41H25N5S/c1-3-10-26(11-4-1)30-14-9-15-31(24-30)41-43-36(27-12-5-2-6-13-27)25-37(44-41)28-18-20-29(21-19-28)39-33-22-23-35-40(46-47-45-35)38(33)32-16-7-8-17-34(32)42-39/h1-25H. The number of hydrogen-bond donors (Lipinski definition) is 0. The summed E-state index contributed by atoms with van der Waals surface area (Å²) < 4.78 is 9.16. The van der Waals surface area contributed by atoms with Gasteiger partial charge in [-0.2, -0.15) is 8.75 Å². The maximum Gasteiger partial charge on any atom is 0.160 e. The molecule has 0 bridgehead atoms. The maximum atomic E-state index is 5.14. The van der Waals surface area contributed by atoms with E-state index in [1.165, 1.54) is 11.7 Å². The average molecular weight is 620 g/mol. The summed E-state index contributed by atoms with van der Waals surface area (Å²) in [5, 5.41) is 3.23. The second-order valence-electron chi connectivity index (χ2n) is 11.4. The molecular weight excluding hydrogens is 595 g/mol. The molecule has 6 heteroatoms. The van der Waals surface area contributed by atoms with Crippen molar-refractivity contribution in [1.29, 1.82) is 0 Å². The van der Waals surface area contributed by atoms with Gasteiger partial charge in [0, 0.05) is 38.4 Å². The fraction of sp³-hybridized carbons (Fsp3) is 0. The Balaban J connectivity index is 1.17. The zero-order chi connectivity index (χ0) is 31.2. The predicted molar refractivity (Wildman–Crippen MR) is 193 cm³/mol. The van der Waals surface area contributed by atoms with E-state index in [1.807, 2.05) is 42.5 Å². The van der Waals surface area contributed by atoms with Crippen LogP contribution in [0.15, 0.2) is 152 Å². The van der Waals surface area contributed by atoms with Gasteiger partial charge in [0.2, 0.25) is 0 Å². The summed E-state index contributed by atoms with van der Waals surface area (Å²) in [6, 6.07) is 52.1. The van der Waals surface area contributed by atoms with Crippen molar-refractivity contribution in [3.05, 3.63) is 152 Å². The van der Waals surface area contributed by atoms with Crippen LogP contribution in [0.3, 0.4) is 0 Å². The number of rotatable bonds is 5. The van der Waals surface area contributed by atoms with E-state index in [0.29, 0.717) is 5.82 Å². The highest BCUT2D eigenvalue weighted by Gasteiger charge is 2.16. The Morgan fingerprint density at radius 2 is 1.02 bits per heavy atom. The van der Waals surface area contributed by atoms with Crippen LogP contribution in [0.25, 0.3) is 89.0 Å². The van der Waals surface area contributed by atoms with Gasteiger partial charge in [-0.05, 0) is 41.5 Å². The van der Waals surface area contributed by atoms with Crippen LogP contribution >= 0.6 is 11.7 Å². The van der Waals surface area contributed by atoms with Gasteiger partial charge in [0.1, 0.15) is 11.0 Å². The van der Waals surface area contributed by atoms with E-state index in [1.54, 1.807) is 0 Å². The molecule has 0 saturated carbocycles. The number of benzene rings is 6. The highest BCUT2D eigenvalue weighted by molar-refractivity contribution is 7.00. The van der Waals surface area contributed by atoms with Crippen molar-refractivity contribution in [2.45, 2.75) is 0 Å². The third-order valence-corrected chi connectivity index (χ3v) is 9.11. The smallest absolute Gasteiger partial charge is 0.160 e. The van der Waals surface area contributed by atoms with E-state index in [-0.39, 0.29) is 0 Å². The van der Waals surface area contributed by atoms with Gasteiger partial charge in [-0.1, -0.05) is 121 Å². The molecule has 0 N–H and O–H groups in total. The van der Waals surface area contributed by atoms with Gasteiger partial charge < -0.3 is 0 Å². The fourth-order valence-corrected chi connectivity index (χ4v) is 6.80. The Morgan fingerprint density at radius 1 is 0.383 bits per heavy atom. The number of para-hydroxylation sites is 1. The molecular formula is C41H25N5S. The molecule has 3 aromatic heterocycles. The highest BCUT2D eigenvalue weighted by atomic mass is 32.1. The lowest BCUT2D eigenvalue weighted by Gasteiger charge is -2.12. The Kier molecular flexibility index (Phi) is 6.58. The molecule has 47 heavy (non-hydrogen) atoms. The molecule has 0 saturated heterocycles. The lowest BCUT2D eigenvalue weighted by atomic mass is 9.97. The molecule has 9 rings (SSSR count). The summed E-state index contributed by atoms with van der Waals surface area (Å²) in [5.74, 6) is 0.686. The number of fused-ring (bicyclic) bond motifs is 5. The van der Waals surface area contributed by atoms with Crippen molar-refractivity contribution in [3.8, 4) is 56.3 Å². The van der Waals surface area contributed by atoms with Crippen molar-refractivity contribution in [2.75, 3.05) is 0 Å². The van der Waals surface area contributed by atoms with Gasteiger partial charge in [-0.15, -0.1) is 0 Å². The molecule has 0 spiro atoms. The van der Waals surface area contributed by atoms with Crippen molar-refractivity contribution < 1.29 is 0 Å². The van der Waals surface area contributed by atoms with E-state index in [4.69, 9.17) is 15.0 Å². The second-order valence-corrected chi connectivity index (χ2v) is 12.0. The monoisotopic (exact) mass is 619 g/mol. The van der Waals surface area contributed by atoms with Gasteiger partial charge in [-0.25, -0.2) is 15.0 Å². The largest absolute Gasteiger partial charge is 0.247 e. The molecule has 0 fully saturated rings. The van der Waals surface area contributed by atoms with E-state index < -0.39 is 0 Å². The summed E-state index contributed by atoms with van der Waals surface area (Å²) in [7, 11) is 0. The zero-order valence-corrected chi connectivity index (χ0v) is 25.9. The Morgan fingerprint density at radius 3 is 1.81 bits per heavy atom. The van der Waals surface area contributed by atoms with Gasteiger partial charge in [0.25, 0.3) is 0 Å². The van der Waals surface area contributed by atoms with Gasteiger partial charge in [-0.3, -0.25) is 0 Å².